The molecule has 6 nitrogen and oxygen atoms in total. The van der Waals surface area contributed by atoms with Crippen molar-refractivity contribution < 1.29 is 28.3 Å². The van der Waals surface area contributed by atoms with Crippen LogP contribution in [0.1, 0.15) is 28.1 Å². The van der Waals surface area contributed by atoms with Gasteiger partial charge in [-0.1, -0.05) is 0 Å². The van der Waals surface area contributed by atoms with Gasteiger partial charge in [0, 0.05) is 12.0 Å². The van der Waals surface area contributed by atoms with Crippen molar-refractivity contribution in [3.05, 3.63) is 23.2 Å². The smallest absolute Gasteiger partial charge is 0.310 e. The van der Waals surface area contributed by atoms with E-state index < -0.39 is 5.97 Å². The van der Waals surface area contributed by atoms with Crippen molar-refractivity contribution in [2.75, 3.05) is 14.2 Å². The highest BCUT2D eigenvalue weighted by atomic mass is 16.5. The molecular weight excluding hydrogens is 240 g/mol. The van der Waals surface area contributed by atoms with E-state index in [0.717, 1.165) is 0 Å². The molecule has 1 heterocycles. The third-order valence-electron chi connectivity index (χ3n) is 2.50. The lowest BCUT2D eigenvalue weighted by Crippen LogP contribution is -2.08. The van der Waals surface area contributed by atoms with Gasteiger partial charge in [-0.05, 0) is 12.0 Å². The third-order valence-corrected chi connectivity index (χ3v) is 2.50. The molecule has 18 heavy (non-hydrogen) atoms. The lowest BCUT2D eigenvalue weighted by molar-refractivity contribution is -0.141. The Morgan fingerprint density at radius 2 is 1.94 bits per heavy atom. The highest BCUT2D eigenvalue weighted by Crippen LogP contribution is 2.19. The molecule has 0 saturated carbocycles. The normalized spacial score (nSPS) is 9.89. The summed E-state index contributed by atoms with van der Waals surface area (Å²) in [7, 11) is 2.56. The van der Waals surface area contributed by atoms with Crippen molar-refractivity contribution in [3.63, 3.8) is 0 Å². The number of ether oxygens (including phenoxy) is 2. The number of furan rings is 1. The zero-order chi connectivity index (χ0) is 13.5. The van der Waals surface area contributed by atoms with E-state index in [1.807, 2.05) is 0 Å². The predicted octanol–water partition coefficient (Wildman–Crippen LogP) is 0.913. The van der Waals surface area contributed by atoms with E-state index in [1.165, 1.54) is 20.5 Å². The second kappa shape index (κ2) is 6.58. The Morgan fingerprint density at radius 3 is 2.50 bits per heavy atom. The van der Waals surface area contributed by atoms with E-state index in [1.54, 1.807) is 0 Å². The van der Waals surface area contributed by atoms with Crippen LogP contribution < -0.4 is 0 Å². The molecule has 0 radical (unpaired) electrons. The summed E-state index contributed by atoms with van der Waals surface area (Å²) in [5, 5.41) is 0. The van der Waals surface area contributed by atoms with Gasteiger partial charge in [0.25, 0.3) is 0 Å². The first-order chi connectivity index (χ1) is 8.62. The largest absolute Gasteiger partial charge is 0.469 e. The molecule has 6 heteroatoms. The number of aryl methyl sites for hydroxylation is 1. The molecule has 0 atom stereocenters. The molecule has 0 aromatic carbocycles. The molecule has 0 amide bonds. The van der Waals surface area contributed by atoms with E-state index >= 15 is 0 Å². The molecule has 0 aliphatic carbocycles. The van der Waals surface area contributed by atoms with Crippen molar-refractivity contribution in [1.82, 2.24) is 0 Å². The van der Waals surface area contributed by atoms with Crippen LogP contribution in [0.25, 0.3) is 0 Å². The maximum Gasteiger partial charge on any atom is 0.310 e. The van der Waals surface area contributed by atoms with Crippen LogP contribution in [0.3, 0.4) is 0 Å². The van der Waals surface area contributed by atoms with Gasteiger partial charge in [0.1, 0.15) is 0 Å². The second-order valence-corrected chi connectivity index (χ2v) is 3.55. The molecule has 0 aliphatic heterocycles. The Balaban J connectivity index is 2.83. The molecule has 0 bridgehead atoms. The van der Waals surface area contributed by atoms with E-state index in [0.29, 0.717) is 23.8 Å². The first-order valence-corrected chi connectivity index (χ1v) is 5.30. The first-order valence-electron chi connectivity index (χ1n) is 5.30. The summed E-state index contributed by atoms with van der Waals surface area (Å²) in [5.41, 5.74) is 1.09. The Kier molecular flexibility index (Phi) is 5.10. The topological polar surface area (TPSA) is 82.8 Å². The summed E-state index contributed by atoms with van der Waals surface area (Å²) in [6, 6.07) is 0. The maximum atomic E-state index is 11.2. The minimum absolute atomic E-state index is 0.0580. The third kappa shape index (κ3) is 3.44. The molecule has 0 fully saturated rings. The number of hydrogen-bond acceptors (Lipinski definition) is 6. The molecule has 0 saturated heterocycles. The van der Waals surface area contributed by atoms with E-state index in [-0.39, 0.29) is 24.6 Å². The lowest BCUT2D eigenvalue weighted by atomic mass is 10.0. The van der Waals surface area contributed by atoms with Crippen LogP contribution in [0, 0.1) is 0 Å². The van der Waals surface area contributed by atoms with E-state index in [4.69, 9.17) is 4.42 Å². The van der Waals surface area contributed by atoms with Gasteiger partial charge in [-0.2, -0.15) is 0 Å². The molecule has 0 spiro atoms. The standard InChI is InChI=1S/C12H14O6/c1-16-11(14)4-3-8-7-18-10(6-13)9(8)5-12(15)17-2/h6-7H,3-5H2,1-2H3. The molecule has 0 aliphatic rings. The predicted molar refractivity (Wildman–Crippen MR) is 60.2 cm³/mol. The minimum Gasteiger partial charge on any atom is -0.469 e. The monoisotopic (exact) mass is 254 g/mol. The van der Waals surface area contributed by atoms with Gasteiger partial charge in [-0.15, -0.1) is 0 Å². The van der Waals surface area contributed by atoms with Crippen LogP contribution in [-0.2, 0) is 31.9 Å². The van der Waals surface area contributed by atoms with Crippen LogP contribution in [0.2, 0.25) is 0 Å². The van der Waals surface area contributed by atoms with Crippen molar-refractivity contribution in [2.45, 2.75) is 19.3 Å². The fraction of sp³-hybridized carbons (Fsp3) is 0.417. The zero-order valence-corrected chi connectivity index (χ0v) is 10.2. The number of carbonyl (C=O) groups is 3. The summed E-state index contributed by atoms with van der Waals surface area (Å²) in [4.78, 5) is 33.0. The lowest BCUT2D eigenvalue weighted by Gasteiger charge is -2.02. The highest BCUT2D eigenvalue weighted by Gasteiger charge is 2.17. The molecule has 98 valence electrons. The zero-order valence-electron chi connectivity index (χ0n) is 10.2. The molecule has 1 aromatic heterocycles. The number of methoxy groups -OCH3 is 2. The van der Waals surface area contributed by atoms with Crippen LogP contribution in [0.5, 0.6) is 0 Å². The average Bonchev–Trinajstić information content (AvgIpc) is 2.77. The highest BCUT2D eigenvalue weighted by molar-refractivity contribution is 5.80. The molecule has 0 N–H and O–H groups in total. The fourth-order valence-electron chi connectivity index (χ4n) is 1.50. The Labute approximate surface area is 104 Å². The maximum absolute atomic E-state index is 11.2. The summed E-state index contributed by atoms with van der Waals surface area (Å²) in [5.74, 6) is -0.757. The minimum atomic E-state index is -0.473. The van der Waals surface area contributed by atoms with Gasteiger partial charge in [0.15, 0.2) is 12.0 Å². The molecule has 1 rings (SSSR count). The molecule has 1 aromatic rings. The van der Waals surface area contributed by atoms with Gasteiger partial charge in [-0.3, -0.25) is 14.4 Å². The van der Waals surface area contributed by atoms with Gasteiger partial charge in [0.2, 0.25) is 0 Å². The van der Waals surface area contributed by atoms with Crippen LogP contribution >= 0.6 is 0 Å². The second-order valence-electron chi connectivity index (χ2n) is 3.55. The number of rotatable bonds is 6. The number of carbonyl (C=O) groups excluding carboxylic acids is 3. The Morgan fingerprint density at radius 1 is 1.28 bits per heavy atom. The van der Waals surface area contributed by atoms with E-state index in [9.17, 15) is 14.4 Å². The van der Waals surface area contributed by atoms with Crippen LogP contribution in [0.15, 0.2) is 10.7 Å². The Hall–Kier alpha value is -2.11. The van der Waals surface area contributed by atoms with E-state index in [2.05, 4.69) is 9.47 Å². The molecule has 0 unspecified atom stereocenters. The summed E-state index contributed by atoms with van der Waals surface area (Å²) in [6.45, 7) is 0. The summed E-state index contributed by atoms with van der Waals surface area (Å²) >= 11 is 0. The summed E-state index contributed by atoms with van der Waals surface area (Å²) < 4.78 is 14.1. The number of aldehydes is 1. The summed E-state index contributed by atoms with van der Waals surface area (Å²) in [6.07, 6.45) is 2.33. The SMILES string of the molecule is COC(=O)CCc1coc(C=O)c1CC(=O)OC. The van der Waals surface area contributed by atoms with Gasteiger partial charge < -0.3 is 13.9 Å². The van der Waals surface area contributed by atoms with Gasteiger partial charge in [-0.25, -0.2) is 0 Å². The van der Waals surface area contributed by atoms with Crippen LogP contribution in [-0.4, -0.2) is 32.4 Å². The quantitative estimate of drug-likeness (QED) is 0.554. The van der Waals surface area contributed by atoms with Crippen molar-refractivity contribution in [1.29, 1.82) is 0 Å². The number of esters is 2. The van der Waals surface area contributed by atoms with Crippen molar-refractivity contribution in [2.24, 2.45) is 0 Å². The first kappa shape index (κ1) is 14.0. The van der Waals surface area contributed by atoms with Gasteiger partial charge >= 0.3 is 11.9 Å². The van der Waals surface area contributed by atoms with Crippen molar-refractivity contribution >= 4 is 18.2 Å². The Bertz CT molecular complexity index is 445. The molecular formula is C12H14O6. The number of hydrogen-bond donors (Lipinski definition) is 0. The van der Waals surface area contributed by atoms with Crippen molar-refractivity contribution in [3.8, 4) is 0 Å². The van der Waals surface area contributed by atoms with Gasteiger partial charge in [0.05, 0.1) is 26.9 Å². The van der Waals surface area contributed by atoms with Crippen LogP contribution in [0.4, 0.5) is 0 Å². The fourth-order valence-corrected chi connectivity index (χ4v) is 1.50. The average molecular weight is 254 g/mol.